The number of amides is 1. The van der Waals surface area contributed by atoms with Crippen LogP contribution in [0, 0.1) is 18.8 Å². The summed E-state index contributed by atoms with van der Waals surface area (Å²) >= 11 is 0. The van der Waals surface area contributed by atoms with Gasteiger partial charge in [-0.25, -0.2) is 14.5 Å². The van der Waals surface area contributed by atoms with Gasteiger partial charge in [0.1, 0.15) is 17.1 Å². The van der Waals surface area contributed by atoms with Crippen LogP contribution in [0.1, 0.15) is 46.1 Å². The van der Waals surface area contributed by atoms with Crippen LogP contribution >= 0.6 is 0 Å². The Bertz CT molecular complexity index is 2030. The van der Waals surface area contributed by atoms with Crippen LogP contribution in [-0.2, 0) is 7.05 Å². The highest BCUT2D eigenvalue weighted by molar-refractivity contribution is 6.01. The molecule has 0 aliphatic heterocycles. The Hall–Kier alpha value is -5.56. The number of carbonyl (C=O) groups is 1. The molecule has 6 aromatic rings. The van der Waals surface area contributed by atoms with Crippen molar-refractivity contribution in [1.29, 1.82) is 0 Å². The Morgan fingerprint density at radius 2 is 1.82 bits per heavy atom. The van der Waals surface area contributed by atoms with Gasteiger partial charge in [-0.1, -0.05) is 30.2 Å². The summed E-state index contributed by atoms with van der Waals surface area (Å²) in [6.07, 6.45) is 5.02. The first kappa shape index (κ1) is 24.8. The maximum atomic E-state index is 14.1. The number of hydrogen-bond acceptors (Lipinski definition) is 6. The van der Waals surface area contributed by atoms with Gasteiger partial charge in [0, 0.05) is 25.0 Å². The lowest BCUT2D eigenvalue weighted by Crippen LogP contribution is -2.33. The van der Waals surface area contributed by atoms with E-state index in [0.717, 1.165) is 5.69 Å². The number of benzene rings is 2. The summed E-state index contributed by atoms with van der Waals surface area (Å²) in [5, 5.41) is 11.9. The Balaban J connectivity index is 1.48. The van der Waals surface area contributed by atoms with Crippen molar-refractivity contribution in [2.24, 2.45) is 7.05 Å². The van der Waals surface area contributed by atoms with Crippen LogP contribution in [0.25, 0.3) is 22.2 Å². The number of aromatic nitrogens is 7. The van der Waals surface area contributed by atoms with Crippen molar-refractivity contribution in [2.45, 2.75) is 19.9 Å². The Kier molecular flexibility index (Phi) is 6.16. The molecule has 10 nitrogen and oxygen atoms in total. The summed E-state index contributed by atoms with van der Waals surface area (Å²) in [4.78, 5) is 36.8. The summed E-state index contributed by atoms with van der Waals surface area (Å²) in [7, 11) is 1.81. The SMILES string of the molecule is Cc1nn2cccnc2c1C(=O)N[C@H](C)c1nc2cccc(C#Cc3ccnn3C)c2c(=O)n1-c1ccccc1. The number of carbonyl (C=O) groups excluding carboxylic acids is 1. The molecule has 0 aliphatic carbocycles. The predicted molar refractivity (Wildman–Crippen MR) is 150 cm³/mol. The lowest BCUT2D eigenvalue weighted by molar-refractivity contribution is 0.0938. The van der Waals surface area contributed by atoms with Gasteiger partial charge in [0.2, 0.25) is 0 Å². The average molecular weight is 529 g/mol. The van der Waals surface area contributed by atoms with E-state index in [1.54, 1.807) is 59.8 Å². The summed E-state index contributed by atoms with van der Waals surface area (Å²) in [5.74, 6) is 6.24. The molecule has 1 amide bonds. The molecular weight excluding hydrogens is 504 g/mol. The van der Waals surface area contributed by atoms with Gasteiger partial charge in [-0.3, -0.25) is 18.8 Å². The van der Waals surface area contributed by atoms with Crippen LogP contribution in [-0.4, -0.2) is 39.8 Å². The largest absolute Gasteiger partial charge is 0.342 e. The summed E-state index contributed by atoms with van der Waals surface area (Å²) in [5.41, 5.74) is 3.47. The standard InChI is InChI=1S/C30H24N8O2/c1-19-25(28-31-16-8-18-37(28)35-19)29(39)33-20(2)27-34-24-12-7-9-21(13-14-22-15-17-32-36(22)3)26(24)30(40)38(27)23-10-5-4-6-11-23/h4-12,15-18,20H,1-3H3,(H,33,39)/t20-/m1/s1. The minimum Gasteiger partial charge on any atom is -0.342 e. The fraction of sp³-hybridized carbons (Fsp3) is 0.133. The number of nitrogens with one attached hydrogen (secondary N) is 1. The van der Waals surface area contributed by atoms with E-state index in [4.69, 9.17) is 4.98 Å². The number of nitrogens with zero attached hydrogens (tertiary/aromatic N) is 7. The zero-order chi connectivity index (χ0) is 27.8. The monoisotopic (exact) mass is 528 g/mol. The molecule has 0 aliphatic rings. The third-order valence-corrected chi connectivity index (χ3v) is 6.62. The van der Waals surface area contributed by atoms with Gasteiger partial charge in [-0.05, 0) is 56.2 Å². The van der Waals surface area contributed by atoms with E-state index in [2.05, 4.69) is 32.3 Å². The number of hydrogen-bond donors (Lipinski definition) is 1. The lowest BCUT2D eigenvalue weighted by Gasteiger charge is -2.20. The predicted octanol–water partition coefficient (Wildman–Crippen LogP) is 3.36. The van der Waals surface area contributed by atoms with Gasteiger partial charge in [-0.15, -0.1) is 0 Å². The molecule has 0 fully saturated rings. The van der Waals surface area contributed by atoms with E-state index in [1.807, 2.05) is 49.5 Å². The zero-order valence-corrected chi connectivity index (χ0v) is 22.0. The van der Waals surface area contributed by atoms with Crippen molar-refractivity contribution in [3.05, 3.63) is 118 Å². The minimum absolute atomic E-state index is 0.281. The number of aryl methyl sites for hydroxylation is 2. The van der Waals surface area contributed by atoms with E-state index < -0.39 is 6.04 Å². The van der Waals surface area contributed by atoms with Crippen LogP contribution < -0.4 is 10.9 Å². The maximum Gasteiger partial charge on any atom is 0.267 e. The zero-order valence-electron chi connectivity index (χ0n) is 22.0. The van der Waals surface area contributed by atoms with Crippen molar-refractivity contribution in [1.82, 2.24) is 39.2 Å². The van der Waals surface area contributed by atoms with Crippen molar-refractivity contribution < 1.29 is 4.79 Å². The van der Waals surface area contributed by atoms with Gasteiger partial charge in [0.05, 0.1) is 34.5 Å². The molecule has 0 saturated carbocycles. The third kappa shape index (κ3) is 4.29. The molecule has 196 valence electrons. The quantitative estimate of drug-likeness (QED) is 0.351. The van der Waals surface area contributed by atoms with Gasteiger partial charge in [-0.2, -0.15) is 10.2 Å². The van der Waals surface area contributed by atoms with Crippen molar-refractivity contribution in [3.8, 4) is 17.5 Å². The molecule has 1 N–H and O–H groups in total. The molecule has 40 heavy (non-hydrogen) atoms. The summed E-state index contributed by atoms with van der Waals surface area (Å²) in [6.45, 7) is 3.56. The highest BCUT2D eigenvalue weighted by Gasteiger charge is 2.24. The van der Waals surface area contributed by atoms with E-state index in [0.29, 0.717) is 44.9 Å². The van der Waals surface area contributed by atoms with Gasteiger partial charge in [0.15, 0.2) is 5.65 Å². The molecular formula is C30H24N8O2. The third-order valence-electron chi connectivity index (χ3n) is 6.62. The normalized spacial score (nSPS) is 11.8. The lowest BCUT2D eigenvalue weighted by atomic mass is 10.1. The highest BCUT2D eigenvalue weighted by Crippen LogP contribution is 2.21. The Morgan fingerprint density at radius 3 is 2.60 bits per heavy atom. The number of para-hydroxylation sites is 1. The fourth-order valence-corrected chi connectivity index (χ4v) is 4.69. The molecule has 2 aromatic carbocycles. The second-order valence-electron chi connectivity index (χ2n) is 9.28. The second-order valence-corrected chi connectivity index (χ2v) is 9.28. The molecule has 0 saturated heterocycles. The molecule has 4 aromatic heterocycles. The minimum atomic E-state index is -0.632. The molecule has 10 heteroatoms. The summed E-state index contributed by atoms with van der Waals surface area (Å²) in [6, 6.07) is 17.5. The number of fused-ring (bicyclic) bond motifs is 2. The molecule has 0 bridgehead atoms. The number of rotatable bonds is 4. The molecule has 4 heterocycles. The van der Waals surface area contributed by atoms with Crippen molar-refractivity contribution >= 4 is 22.5 Å². The van der Waals surface area contributed by atoms with Crippen molar-refractivity contribution in [2.75, 3.05) is 0 Å². The van der Waals surface area contributed by atoms with Gasteiger partial charge >= 0.3 is 0 Å². The molecule has 0 unspecified atom stereocenters. The van der Waals surface area contributed by atoms with Crippen LogP contribution in [0.15, 0.2) is 84.0 Å². The van der Waals surface area contributed by atoms with Crippen LogP contribution in [0.5, 0.6) is 0 Å². The van der Waals surface area contributed by atoms with Crippen LogP contribution in [0.4, 0.5) is 0 Å². The van der Waals surface area contributed by atoms with E-state index >= 15 is 0 Å². The van der Waals surface area contributed by atoms with Gasteiger partial charge in [0.25, 0.3) is 11.5 Å². The Morgan fingerprint density at radius 1 is 1.00 bits per heavy atom. The highest BCUT2D eigenvalue weighted by atomic mass is 16.2. The second kappa shape index (κ2) is 9.96. The molecule has 0 spiro atoms. The Labute approximate surface area is 228 Å². The molecule has 0 radical (unpaired) electrons. The van der Waals surface area contributed by atoms with Crippen molar-refractivity contribution in [3.63, 3.8) is 0 Å². The van der Waals surface area contributed by atoms with Crippen LogP contribution in [0.2, 0.25) is 0 Å². The summed E-state index contributed by atoms with van der Waals surface area (Å²) < 4.78 is 4.77. The van der Waals surface area contributed by atoms with E-state index in [1.165, 1.54) is 4.57 Å². The van der Waals surface area contributed by atoms with Crippen LogP contribution in [0.3, 0.4) is 0 Å². The molecule has 6 rings (SSSR count). The van der Waals surface area contributed by atoms with Gasteiger partial charge < -0.3 is 5.32 Å². The average Bonchev–Trinajstić information content (AvgIpc) is 3.53. The topological polar surface area (TPSA) is 112 Å². The first-order valence-electron chi connectivity index (χ1n) is 12.6. The van der Waals surface area contributed by atoms with E-state index in [-0.39, 0.29) is 11.5 Å². The smallest absolute Gasteiger partial charge is 0.267 e. The fourth-order valence-electron chi connectivity index (χ4n) is 4.69. The first-order chi connectivity index (χ1) is 19.4. The first-order valence-corrected chi connectivity index (χ1v) is 12.6. The molecule has 1 atom stereocenters. The van der Waals surface area contributed by atoms with E-state index in [9.17, 15) is 9.59 Å². The maximum absolute atomic E-state index is 14.1.